The number of benzene rings is 3. The number of rotatable bonds is 7. The Morgan fingerprint density at radius 3 is 2.24 bits per heavy atom. The number of carbonyl (C=O) groups excluding carboxylic acids is 2. The molecular weight excluding hydrogens is 412 g/mol. The number of nitrogens with one attached hydrogen (secondary N) is 1. The monoisotopic (exact) mass is 440 g/mol. The SMILES string of the molecule is CCOc1ccccc1N1C(=O)C(Nc2ccc(CC)cc2)=C(c2ccc(C)c(C)c2)C1=O. The van der Waals surface area contributed by atoms with Gasteiger partial charge in [-0.15, -0.1) is 0 Å². The average Bonchev–Trinajstić information content (AvgIpc) is 3.06. The summed E-state index contributed by atoms with van der Waals surface area (Å²) < 4.78 is 5.72. The fourth-order valence-corrected chi connectivity index (χ4v) is 3.92. The fraction of sp³-hybridized carbons (Fsp3) is 0.214. The summed E-state index contributed by atoms with van der Waals surface area (Å²) in [6.07, 6.45) is 0.927. The van der Waals surface area contributed by atoms with Gasteiger partial charge in [0, 0.05) is 5.69 Å². The van der Waals surface area contributed by atoms with Gasteiger partial charge in [0.05, 0.1) is 17.9 Å². The molecule has 3 aromatic carbocycles. The van der Waals surface area contributed by atoms with Gasteiger partial charge in [-0.25, -0.2) is 4.90 Å². The Morgan fingerprint density at radius 1 is 0.848 bits per heavy atom. The third kappa shape index (κ3) is 4.27. The predicted molar refractivity (Wildman–Crippen MR) is 132 cm³/mol. The van der Waals surface area contributed by atoms with Crippen LogP contribution in [0.4, 0.5) is 11.4 Å². The minimum absolute atomic E-state index is 0.263. The number of anilines is 2. The lowest BCUT2D eigenvalue weighted by Crippen LogP contribution is -2.32. The van der Waals surface area contributed by atoms with E-state index in [2.05, 4.69) is 12.2 Å². The number of nitrogens with zero attached hydrogens (tertiary/aromatic N) is 1. The Labute approximate surface area is 194 Å². The van der Waals surface area contributed by atoms with E-state index in [0.29, 0.717) is 29.2 Å². The van der Waals surface area contributed by atoms with Crippen molar-refractivity contribution in [3.8, 4) is 5.75 Å². The molecule has 1 aliphatic rings. The average molecular weight is 441 g/mol. The molecule has 3 aromatic rings. The summed E-state index contributed by atoms with van der Waals surface area (Å²) in [6, 6.07) is 20.8. The molecule has 5 heteroatoms. The van der Waals surface area contributed by atoms with Crippen molar-refractivity contribution in [2.45, 2.75) is 34.1 Å². The third-order valence-corrected chi connectivity index (χ3v) is 5.92. The highest BCUT2D eigenvalue weighted by molar-refractivity contribution is 6.46. The minimum Gasteiger partial charge on any atom is -0.492 e. The number of aryl methyl sites for hydroxylation is 3. The van der Waals surface area contributed by atoms with E-state index in [1.54, 1.807) is 18.2 Å². The van der Waals surface area contributed by atoms with E-state index in [1.807, 2.05) is 69.3 Å². The van der Waals surface area contributed by atoms with Crippen molar-refractivity contribution >= 4 is 28.8 Å². The smallest absolute Gasteiger partial charge is 0.282 e. The first-order chi connectivity index (χ1) is 15.9. The molecule has 168 valence electrons. The second kappa shape index (κ2) is 9.33. The summed E-state index contributed by atoms with van der Waals surface area (Å²) in [6.45, 7) is 8.42. The molecule has 0 saturated heterocycles. The van der Waals surface area contributed by atoms with E-state index in [1.165, 1.54) is 10.5 Å². The van der Waals surface area contributed by atoms with Crippen LogP contribution in [0.25, 0.3) is 5.57 Å². The number of para-hydroxylation sites is 2. The van der Waals surface area contributed by atoms with Crippen molar-refractivity contribution in [1.29, 1.82) is 0 Å². The number of carbonyl (C=O) groups is 2. The zero-order chi connectivity index (χ0) is 23.5. The largest absolute Gasteiger partial charge is 0.492 e. The summed E-state index contributed by atoms with van der Waals surface area (Å²) in [7, 11) is 0. The van der Waals surface area contributed by atoms with Crippen molar-refractivity contribution < 1.29 is 14.3 Å². The first-order valence-electron chi connectivity index (χ1n) is 11.2. The third-order valence-electron chi connectivity index (χ3n) is 5.92. The van der Waals surface area contributed by atoms with Gasteiger partial charge in [0.1, 0.15) is 11.4 Å². The Balaban J connectivity index is 1.83. The lowest BCUT2D eigenvalue weighted by Gasteiger charge is -2.19. The summed E-state index contributed by atoms with van der Waals surface area (Å²) >= 11 is 0. The molecule has 0 bridgehead atoms. The van der Waals surface area contributed by atoms with E-state index in [9.17, 15) is 9.59 Å². The van der Waals surface area contributed by atoms with Crippen molar-refractivity contribution in [3.05, 3.63) is 94.7 Å². The minimum atomic E-state index is -0.403. The van der Waals surface area contributed by atoms with Crippen LogP contribution >= 0.6 is 0 Å². The Kier molecular flexibility index (Phi) is 6.31. The van der Waals surface area contributed by atoms with Crippen LogP contribution in [0.3, 0.4) is 0 Å². The molecule has 1 N–H and O–H groups in total. The normalized spacial score (nSPS) is 13.6. The van der Waals surface area contributed by atoms with Crippen molar-refractivity contribution in [2.24, 2.45) is 0 Å². The first kappa shape index (κ1) is 22.3. The maximum atomic E-state index is 13.7. The number of amides is 2. The summed E-state index contributed by atoms with van der Waals surface area (Å²) in [5.41, 5.74) is 5.90. The van der Waals surface area contributed by atoms with Crippen LogP contribution in [0.2, 0.25) is 0 Å². The second-order valence-electron chi connectivity index (χ2n) is 8.07. The number of hydrogen-bond acceptors (Lipinski definition) is 4. The topological polar surface area (TPSA) is 58.6 Å². The van der Waals surface area contributed by atoms with Gasteiger partial charge in [-0.05, 0) is 73.7 Å². The van der Waals surface area contributed by atoms with Gasteiger partial charge in [-0.2, -0.15) is 0 Å². The van der Waals surface area contributed by atoms with Crippen LogP contribution in [-0.2, 0) is 16.0 Å². The zero-order valence-corrected chi connectivity index (χ0v) is 19.4. The fourth-order valence-electron chi connectivity index (χ4n) is 3.92. The maximum absolute atomic E-state index is 13.7. The molecule has 2 amide bonds. The van der Waals surface area contributed by atoms with Crippen molar-refractivity contribution in [2.75, 3.05) is 16.8 Å². The van der Waals surface area contributed by atoms with Gasteiger partial charge < -0.3 is 10.1 Å². The summed E-state index contributed by atoms with van der Waals surface area (Å²) in [5, 5.41) is 3.23. The summed E-state index contributed by atoms with van der Waals surface area (Å²) in [5.74, 6) is -0.280. The van der Waals surface area contributed by atoms with E-state index in [4.69, 9.17) is 4.74 Å². The standard InChI is InChI=1S/C28H28N2O3/c1-5-20-12-15-22(16-13-20)29-26-25(21-14-11-18(3)19(4)17-21)27(31)30(28(26)32)23-9-7-8-10-24(23)33-6-2/h7-17,29H,5-6H2,1-4H3. The van der Waals surface area contributed by atoms with E-state index >= 15 is 0 Å². The molecule has 0 fully saturated rings. The van der Waals surface area contributed by atoms with Gasteiger partial charge in [0.15, 0.2) is 0 Å². The van der Waals surface area contributed by atoms with Gasteiger partial charge in [-0.1, -0.05) is 49.4 Å². The van der Waals surface area contributed by atoms with Crippen LogP contribution in [0.15, 0.2) is 72.4 Å². The van der Waals surface area contributed by atoms with Crippen molar-refractivity contribution in [3.63, 3.8) is 0 Å². The number of hydrogen-bond donors (Lipinski definition) is 1. The van der Waals surface area contributed by atoms with Gasteiger partial charge in [0.2, 0.25) is 0 Å². The molecule has 0 unspecified atom stereocenters. The van der Waals surface area contributed by atoms with Crippen molar-refractivity contribution in [1.82, 2.24) is 0 Å². The predicted octanol–water partition coefficient (Wildman–Crippen LogP) is 5.66. The molecule has 0 aliphatic carbocycles. The summed E-state index contributed by atoms with van der Waals surface area (Å²) in [4.78, 5) is 28.6. The highest BCUT2D eigenvalue weighted by Crippen LogP contribution is 2.38. The Bertz CT molecular complexity index is 1240. The van der Waals surface area contributed by atoms with Crippen LogP contribution in [0.1, 0.15) is 36.1 Å². The molecule has 0 atom stereocenters. The van der Waals surface area contributed by atoms with Crippen LogP contribution in [0.5, 0.6) is 5.75 Å². The van der Waals surface area contributed by atoms with E-state index in [-0.39, 0.29) is 11.6 Å². The highest BCUT2D eigenvalue weighted by Gasteiger charge is 2.41. The quantitative estimate of drug-likeness (QED) is 0.482. The first-order valence-corrected chi connectivity index (χ1v) is 11.2. The van der Waals surface area contributed by atoms with E-state index < -0.39 is 5.91 Å². The zero-order valence-electron chi connectivity index (χ0n) is 19.4. The van der Waals surface area contributed by atoms with Crippen LogP contribution < -0.4 is 15.0 Å². The lowest BCUT2D eigenvalue weighted by molar-refractivity contribution is -0.120. The Morgan fingerprint density at radius 2 is 1.58 bits per heavy atom. The molecule has 5 nitrogen and oxygen atoms in total. The highest BCUT2D eigenvalue weighted by atomic mass is 16.5. The lowest BCUT2D eigenvalue weighted by atomic mass is 9.99. The molecule has 1 heterocycles. The number of ether oxygens (including phenoxy) is 1. The van der Waals surface area contributed by atoms with E-state index in [0.717, 1.165) is 23.2 Å². The van der Waals surface area contributed by atoms with Crippen LogP contribution in [-0.4, -0.2) is 18.4 Å². The van der Waals surface area contributed by atoms with Gasteiger partial charge in [0.25, 0.3) is 11.8 Å². The Hall–Kier alpha value is -3.86. The molecule has 0 spiro atoms. The van der Waals surface area contributed by atoms with Gasteiger partial charge >= 0.3 is 0 Å². The van der Waals surface area contributed by atoms with Gasteiger partial charge in [-0.3, -0.25) is 9.59 Å². The molecule has 1 aliphatic heterocycles. The number of imide groups is 1. The molecule has 0 aromatic heterocycles. The molecular formula is C28H28N2O3. The van der Waals surface area contributed by atoms with Crippen LogP contribution in [0, 0.1) is 13.8 Å². The maximum Gasteiger partial charge on any atom is 0.282 e. The molecule has 0 saturated carbocycles. The molecule has 33 heavy (non-hydrogen) atoms. The molecule has 0 radical (unpaired) electrons. The second-order valence-corrected chi connectivity index (χ2v) is 8.07. The molecule has 4 rings (SSSR count).